The number of hydroxylamine groups is 1. The second-order valence-corrected chi connectivity index (χ2v) is 3.26. The van der Waals surface area contributed by atoms with E-state index in [4.69, 9.17) is 9.57 Å². The Kier molecular flexibility index (Phi) is 3.46. The van der Waals surface area contributed by atoms with Crippen LogP contribution in [0.25, 0.3) is 0 Å². The summed E-state index contributed by atoms with van der Waals surface area (Å²) in [4.78, 5) is 10.0. The first kappa shape index (κ1) is 9.44. The fourth-order valence-electron chi connectivity index (χ4n) is 0.790. The van der Waals surface area contributed by atoms with Crippen molar-refractivity contribution >= 4 is 11.3 Å². The lowest BCUT2D eigenvalue weighted by atomic mass is 10.4. The molecule has 0 aliphatic heterocycles. The van der Waals surface area contributed by atoms with Gasteiger partial charge in [-0.1, -0.05) is 11.3 Å². The van der Waals surface area contributed by atoms with E-state index in [0.29, 0.717) is 11.7 Å². The molecule has 1 N–H and O–H groups in total. The number of thiazole rings is 1. The Labute approximate surface area is 75.5 Å². The Morgan fingerprint density at radius 1 is 1.50 bits per heavy atom. The highest BCUT2D eigenvalue weighted by Crippen LogP contribution is 2.23. The maximum absolute atomic E-state index is 4.99. The summed E-state index contributed by atoms with van der Waals surface area (Å²) >= 11 is 1.52. The highest BCUT2D eigenvalue weighted by Gasteiger charge is 2.06. The first-order chi connectivity index (χ1) is 5.77. The second-order valence-electron chi connectivity index (χ2n) is 2.22. The lowest BCUT2D eigenvalue weighted by molar-refractivity contribution is 0.0872. The van der Waals surface area contributed by atoms with Crippen LogP contribution in [0.2, 0.25) is 0 Å². The smallest absolute Gasteiger partial charge is 0.273 e. The van der Waals surface area contributed by atoms with E-state index in [1.807, 2.05) is 6.92 Å². The first-order valence-electron chi connectivity index (χ1n) is 3.54. The number of hydrogen-bond acceptors (Lipinski definition) is 5. The minimum atomic E-state index is 0.670. The number of nitrogens with one attached hydrogen (secondary N) is 1. The van der Waals surface area contributed by atoms with Gasteiger partial charge in [-0.05, 0) is 6.92 Å². The average molecular weight is 188 g/mol. The van der Waals surface area contributed by atoms with Gasteiger partial charge in [0.1, 0.15) is 0 Å². The molecule has 0 aromatic carbocycles. The summed E-state index contributed by atoms with van der Waals surface area (Å²) in [7, 11) is 3.21. The summed E-state index contributed by atoms with van der Waals surface area (Å²) < 4.78 is 4.99. The van der Waals surface area contributed by atoms with Crippen LogP contribution >= 0.6 is 11.3 Å². The maximum Gasteiger partial charge on any atom is 0.273 e. The van der Waals surface area contributed by atoms with Crippen LogP contribution in [0.5, 0.6) is 5.19 Å². The van der Waals surface area contributed by atoms with E-state index in [1.165, 1.54) is 11.3 Å². The van der Waals surface area contributed by atoms with Crippen molar-refractivity contribution in [2.24, 2.45) is 0 Å². The molecule has 1 aromatic rings. The molecule has 1 aromatic heterocycles. The highest BCUT2D eigenvalue weighted by molar-refractivity contribution is 7.13. The zero-order chi connectivity index (χ0) is 8.97. The SMILES string of the molecule is CONCc1sc(OC)nc1C. The molecule has 68 valence electrons. The lowest BCUT2D eigenvalue weighted by Crippen LogP contribution is -2.10. The van der Waals surface area contributed by atoms with Crippen molar-refractivity contribution in [1.29, 1.82) is 0 Å². The van der Waals surface area contributed by atoms with Gasteiger partial charge < -0.3 is 9.57 Å². The third-order valence-electron chi connectivity index (χ3n) is 1.42. The van der Waals surface area contributed by atoms with E-state index in [1.54, 1.807) is 14.2 Å². The molecular formula is C7H12N2O2S. The summed E-state index contributed by atoms with van der Waals surface area (Å²) in [5.41, 5.74) is 3.75. The molecule has 1 rings (SSSR count). The van der Waals surface area contributed by atoms with Crippen LogP contribution in [0.15, 0.2) is 0 Å². The Morgan fingerprint density at radius 3 is 2.75 bits per heavy atom. The van der Waals surface area contributed by atoms with Crippen molar-refractivity contribution < 1.29 is 9.57 Å². The highest BCUT2D eigenvalue weighted by atomic mass is 32.1. The minimum Gasteiger partial charge on any atom is -0.473 e. The number of aromatic nitrogens is 1. The second kappa shape index (κ2) is 4.39. The molecule has 0 saturated heterocycles. The van der Waals surface area contributed by atoms with Crippen molar-refractivity contribution in [1.82, 2.24) is 10.5 Å². The number of nitrogens with zero attached hydrogens (tertiary/aromatic N) is 1. The molecule has 0 radical (unpaired) electrons. The predicted molar refractivity (Wildman–Crippen MR) is 47.3 cm³/mol. The summed E-state index contributed by atoms with van der Waals surface area (Å²) in [6.45, 7) is 2.62. The average Bonchev–Trinajstić information content (AvgIpc) is 2.43. The number of aryl methyl sites for hydroxylation is 1. The Morgan fingerprint density at radius 2 is 2.25 bits per heavy atom. The normalized spacial score (nSPS) is 10.2. The van der Waals surface area contributed by atoms with Crippen molar-refractivity contribution in [2.75, 3.05) is 14.2 Å². The van der Waals surface area contributed by atoms with Crippen molar-refractivity contribution in [3.63, 3.8) is 0 Å². The molecule has 4 nitrogen and oxygen atoms in total. The third kappa shape index (κ3) is 2.17. The maximum atomic E-state index is 4.99. The quantitative estimate of drug-likeness (QED) is 0.719. The molecule has 0 aliphatic rings. The molecule has 0 spiro atoms. The first-order valence-corrected chi connectivity index (χ1v) is 4.35. The third-order valence-corrected chi connectivity index (χ3v) is 2.54. The van der Waals surface area contributed by atoms with Gasteiger partial charge in [-0.2, -0.15) is 5.48 Å². The monoisotopic (exact) mass is 188 g/mol. The van der Waals surface area contributed by atoms with Crippen LogP contribution in [-0.2, 0) is 11.4 Å². The van der Waals surface area contributed by atoms with Gasteiger partial charge in [0.2, 0.25) is 0 Å². The standard InChI is InChI=1S/C7H12N2O2S/c1-5-6(4-8-11-3)12-7(9-5)10-2/h8H,4H2,1-3H3. The van der Waals surface area contributed by atoms with Gasteiger partial charge in [-0.15, -0.1) is 0 Å². The molecule has 0 fully saturated rings. The molecule has 12 heavy (non-hydrogen) atoms. The van der Waals surface area contributed by atoms with E-state index in [2.05, 4.69) is 10.5 Å². The van der Waals surface area contributed by atoms with Crippen LogP contribution < -0.4 is 10.2 Å². The molecular weight excluding hydrogens is 176 g/mol. The Hall–Kier alpha value is -0.650. The van der Waals surface area contributed by atoms with Gasteiger partial charge in [-0.3, -0.25) is 0 Å². The van der Waals surface area contributed by atoms with E-state index < -0.39 is 0 Å². The number of rotatable bonds is 4. The summed E-state index contributed by atoms with van der Waals surface area (Å²) in [6.07, 6.45) is 0. The van der Waals surface area contributed by atoms with Crippen molar-refractivity contribution in [3.05, 3.63) is 10.6 Å². The molecule has 0 saturated carbocycles. The van der Waals surface area contributed by atoms with Gasteiger partial charge in [0.05, 0.1) is 26.5 Å². The largest absolute Gasteiger partial charge is 0.473 e. The zero-order valence-corrected chi connectivity index (χ0v) is 8.20. The van der Waals surface area contributed by atoms with Gasteiger partial charge in [0, 0.05) is 4.88 Å². The van der Waals surface area contributed by atoms with E-state index in [9.17, 15) is 0 Å². The predicted octanol–water partition coefficient (Wildman–Crippen LogP) is 1.11. The van der Waals surface area contributed by atoms with Crippen LogP contribution in [0.1, 0.15) is 10.6 Å². The van der Waals surface area contributed by atoms with E-state index in [0.717, 1.165) is 10.6 Å². The Bertz CT molecular complexity index is 250. The van der Waals surface area contributed by atoms with Crippen molar-refractivity contribution in [2.45, 2.75) is 13.5 Å². The van der Waals surface area contributed by atoms with Crippen molar-refractivity contribution in [3.8, 4) is 5.19 Å². The number of hydrogen-bond donors (Lipinski definition) is 1. The molecule has 0 atom stereocenters. The summed E-state index contributed by atoms with van der Waals surface area (Å²) in [5, 5.41) is 0.695. The Balaban J connectivity index is 2.64. The fourth-order valence-corrected chi connectivity index (χ4v) is 1.59. The minimum absolute atomic E-state index is 0.670. The summed E-state index contributed by atoms with van der Waals surface area (Å²) in [6, 6.07) is 0. The van der Waals surface area contributed by atoms with Gasteiger partial charge in [0.15, 0.2) is 0 Å². The molecule has 0 unspecified atom stereocenters. The van der Waals surface area contributed by atoms with Gasteiger partial charge in [-0.25, -0.2) is 4.98 Å². The van der Waals surface area contributed by atoms with Crippen LogP contribution in [0, 0.1) is 6.92 Å². The van der Waals surface area contributed by atoms with E-state index in [-0.39, 0.29) is 0 Å². The zero-order valence-electron chi connectivity index (χ0n) is 7.38. The molecule has 0 bridgehead atoms. The van der Waals surface area contributed by atoms with Gasteiger partial charge in [0.25, 0.3) is 5.19 Å². The lowest BCUT2D eigenvalue weighted by Gasteiger charge is -1.97. The molecule has 5 heteroatoms. The van der Waals surface area contributed by atoms with E-state index >= 15 is 0 Å². The summed E-state index contributed by atoms with van der Waals surface area (Å²) in [5.74, 6) is 0. The van der Waals surface area contributed by atoms with Crippen LogP contribution in [0.4, 0.5) is 0 Å². The van der Waals surface area contributed by atoms with Crippen LogP contribution in [-0.4, -0.2) is 19.2 Å². The molecule has 1 heterocycles. The fraction of sp³-hybridized carbons (Fsp3) is 0.571. The molecule has 0 aliphatic carbocycles. The topological polar surface area (TPSA) is 43.4 Å². The number of ether oxygens (including phenoxy) is 1. The van der Waals surface area contributed by atoms with Gasteiger partial charge >= 0.3 is 0 Å². The molecule has 0 amide bonds. The van der Waals surface area contributed by atoms with Crippen LogP contribution in [0.3, 0.4) is 0 Å². The number of methoxy groups -OCH3 is 1.